The van der Waals surface area contributed by atoms with Crippen LogP contribution < -0.4 is 0 Å². The zero-order valence-corrected chi connectivity index (χ0v) is 15.4. The lowest BCUT2D eigenvalue weighted by Gasteiger charge is -2.33. The van der Waals surface area contributed by atoms with Crippen molar-refractivity contribution in [1.82, 2.24) is 14.4 Å². The van der Waals surface area contributed by atoms with Crippen LogP contribution in [0.1, 0.15) is 16.2 Å². The molecule has 1 aliphatic rings. The van der Waals surface area contributed by atoms with Crippen LogP contribution in [0.4, 0.5) is 0 Å². The SMILES string of the molecule is Cc1cc(C(=O)N2CCN(S(=O)(=O)c3ccccc3Br)CC2)on1. The Bertz CT molecular complexity index is 857. The zero-order valence-electron chi connectivity index (χ0n) is 13.0. The minimum Gasteiger partial charge on any atom is -0.351 e. The summed E-state index contributed by atoms with van der Waals surface area (Å²) in [5.41, 5.74) is 0.633. The third kappa shape index (κ3) is 3.24. The van der Waals surface area contributed by atoms with Crippen molar-refractivity contribution in [1.29, 1.82) is 0 Å². The fraction of sp³-hybridized carbons (Fsp3) is 0.333. The molecule has 1 amide bonds. The lowest BCUT2D eigenvalue weighted by molar-refractivity contribution is 0.0656. The second-order valence-corrected chi connectivity index (χ2v) is 8.22. The summed E-state index contributed by atoms with van der Waals surface area (Å²) in [6.45, 7) is 2.83. The maximum absolute atomic E-state index is 12.7. The Morgan fingerprint density at radius 1 is 1.21 bits per heavy atom. The first kappa shape index (κ1) is 17.1. The Labute approximate surface area is 148 Å². The lowest BCUT2D eigenvalue weighted by Crippen LogP contribution is -2.50. The molecule has 0 bridgehead atoms. The summed E-state index contributed by atoms with van der Waals surface area (Å²) in [5.74, 6) is -0.0943. The van der Waals surface area contributed by atoms with Crippen LogP contribution in [0.25, 0.3) is 0 Å². The number of piperazine rings is 1. The number of carbonyl (C=O) groups is 1. The highest BCUT2D eigenvalue weighted by molar-refractivity contribution is 9.10. The monoisotopic (exact) mass is 413 g/mol. The van der Waals surface area contributed by atoms with E-state index in [1.165, 1.54) is 4.31 Å². The number of sulfonamides is 1. The Hall–Kier alpha value is -1.71. The van der Waals surface area contributed by atoms with E-state index in [1.54, 1.807) is 42.2 Å². The van der Waals surface area contributed by atoms with E-state index in [-0.39, 0.29) is 29.7 Å². The van der Waals surface area contributed by atoms with Gasteiger partial charge in [-0.3, -0.25) is 4.79 Å². The van der Waals surface area contributed by atoms with E-state index in [0.29, 0.717) is 23.3 Å². The normalized spacial score (nSPS) is 16.3. The highest BCUT2D eigenvalue weighted by Crippen LogP contribution is 2.25. The quantitative estimate of drug-likeness (QED) is 0.766. The summed E-state index contributed by atoms with van der Waals surface area (Å²) < 4.78 is 32.3. The number of benzene rings is 1. The number of aromatic nitrogens is 1. The molecule has 1 aliphatic heterocycles. The molecule has 0 radical (unpaired) electrons. The van der Waals surface area contributed by atoms with Gasteiger partial charge in [0.25, 0.3) is 5.91 Å². The fourth-order valence-electron chi connectivity index (χ4n) is 2.54. The van der Waals surface area contributed by atoms with E-state index in [4.69, 9.17) is 4.52 Å². The van der Waals surface area contributed by atoms with Crippen molar-refractivity contribution in [3.8, 4) is 0 Å². The molecule has 3 rings (SSSR count). The first-order valence-electron chi connectivity index (χ1n) is 7.37. The van der Waals surface area contributed by atoms with Crippen LogP contribution in [0.3, 0.4) is 0 Å². The molecule has 0 atom stereocenters. The lowest BCUT2D eigenvalue weighted by atomic mass is 10.3. The highest BCUT2D eigenvalue weighted by Gasteiger charge is 2.32. The Balaban J connectivity index is 1.71. The van der Waals surface area contributed by atoms with Gasteiger partial charge < -0.3 is 9.42 Å². The van der Waals surface area contributed by atoms with Crippen molar-refractivity contribution in [2.75, 3.05) is 26.2 Å². The molecule has 7 nitrogen and oxygen atoms in total. The van der Waals surface area contributed by atoms with E-state index < -0.39 is 10.0 Å². The van der Waals surface area contributed by atoms with Gasteiger partial charge >= 0.3 is 0 Å². The van der Waals surface area contributed by atoms with Crippen LogP contribution in [0.2, 0.25) is 0 Å². The summed E-state index contributed by atoms with van der Waals surface area (Å²) in [6.07, 6.45) is 0. The van der Waals surface area contributed by atoms with Gasteiger partial charge in [0.1, 0.15) is 0 Å². The van der Waals surface area contributed by atoms with Crippen molar-refractivity contribution in [2.24, 2.45) is 0 Å². The van der Waals surface area contributed by atoms with Crippen LogP contribution in [0.5, 0.6) is 0 Å². The first-order valence-corrected chi connectivity index (χ1v) is 9.60. The molecule has 9 heteroatoms. The van der Waals surface area contributed by atoms with Gasteiger partial charge in [-0.2, -0.15) is 4.31 Å². The summed E-state index contributed by atoms with van der Waals surface area (Å²) in [5, 5.41) is 3.70. The molecule has 24 heavy (non-hydrogen) atoms. The van der Waals surface area contributed by atoms with Gasteiger partial charge in [0.2, 0.25) is 15.8 Å². The van der Waals surface area contributed by atoms with Gasteiger partial charge in [-0.25, -0.2) is 8.42 Å². The predicted molar refractivity (Wildman–Crippen MR) is 90.0 cm³/mol. The fourth-order valence-corrected chi connectivity index (χ4v) is 4.93. The third-order valence-electron chi connectivity index (χ3n) is 3.82. The molecular formula is C15H16BrN3O4S. The summed E-state index contributed by atoms with van der Waals surface area (Å²) in [4.78, 5) is 14.1. The summed E-state index contributed by atoms with van der Waals surface area (Å²) in [7, 11) is -3.59. The average Bonchev–Trinajstić information content (AvgIpc) is 3.01. The van der Waals surface area contributed by atoms with E-state index in [9.17, 15) is 13.2 Å². The van der Waals surface area contributed by atoms with E-state index in [2.05, 4.69) is 21.1 Å². The predicted octanol–water partition coefficient (Wildman–Crippen LogP) is 1.89. The topological polar surface area (TPSA) is 83.7 Å². The largest absolute Gasteiger partial charge is 0.351 e. The van der Waals surface area contributed by atoms with E-state index in [1.807, 2.05) is 0 Å². The average molecular weight is 414 g/mol. The Morgan fingerprint density at radius 3 is 2.46 bits per heavy atom. The molecule has 0 N–H and O–H groups in total. The second-order valence-electron chi connectivity index (χ2n) is 5.46. The maximum atomic E-state index is 12.7. The second kappa shape index (κ2) is 6.66. The minimum absolute atomic E-state index is 0.176. The smallest absolute Gasteiger partial charge is 0.292 e. The van der Waals surface area contributed by atoms with Gasteiger partial charge in [-0.1, -0.05) is 17.3 Å². The number of hydrogen-bond donors (Lipinski definition) is 0. The van der Waals surface area contributed by atoms with Crippen molar-refractivity contribution in [3.05, 3.63) is 46.3 Å². The molecule has 128 valence electrons. The van der Waals surface area contributed by atoms with Crippen molar-refractivity contribution >= 4 is 31.9 Å². The molecule has 2 aromatic rings. The summed E-state index contributed by atoms with van der Waals surface area (Å²) in [6, 6.07) is 8.28. The molecule has 0 saturated carbocycles. The standard InChI is InChI=1S/C15H16BrN3O4S/c1-11-10-13(23-17-11)15(20)18-6-8-19(9-7-18)24(21,22)14-5-3-2-4-12(14)16/h2-5,10H,6-9H2,1H3. The molecule has 1 fully saturated rings. The van der Waals surface area contributed by atoms with Crippen LogP contribution in [-0.2, 0) is 10.0 Å². The number of carbonyl (C=O) groups excluding carboxylic acids is 1. The van der Waals surface area contributed by atoms with Gasteiger partial charge in [0.05, 0.1) is 10.6 Å². The number of halogens is 1. The third-order valence-corrected chi connectivity index (χ3v) is 6.73. The minimum atomic E-state index is -3.59. The number of nitrogens with zero attached hydrogens (tertiary/aromatic N) is 3. The van der Waals surface area contributed by atoms with E-state index in [0.717, 1.165) is 0 Å². The van der Waals surface area contributed by atoms with Crippen LogP contribution in [0.15, 0.2) is 44.2 Å². The Kier molecular flexibility index (Phi) is 4.75. The van der Waals surface area contributed by atoms with Crippen molar-refractivity contribution in [3.63, 3.8) is 0 Å². The van der Waals surface area contributed by atoms with Gasteiger partial charge in [-0.15, -0.1) is 0 Å². The molecule has 1 aromatic carbocycles. The van der Waals surface area contributed by atoms with Crippen LogP contribution in [0, 0.1) is 6.92 Å². The maximum Gasteiger partial charge on any atom is 0.292 e. The first-order chi connectivity index (χ1) is 11.4. The Morgan fingerprint density at radius 2 is 1.88 bits per heavy atom. The molecule has 0 spiro atoms. The van der Waals surface area contributed by atoms with Crippen molar-refractivity contribution in [2.45, 2.75) is 11.8 Å². The summed E-state index contributed by atoms with van der Waals surface area (Å²) >= 11 is 3.28. The van der Waals surface area contributed by atoms with Gasteiger partial charge in [0.15, 0.2) is 0 Å². The highest BCUT2D eigenvalue weighted by atomic mass is 79.9. The number of rotatable bonds is 3. The van der Waals surface area contributed by atoms with Gasteiger partial charge in [0, 0.05) is 36.7 Å². The zero-order chi connectivity index (χ0) is 17.3. The van der Waals surface area contributed by atoms with Crippen LogP contribution in [-0.4, -0.2) is 54.9 Å². The number of aryl methyl sites for hydroxylation is 1. The van der Waals surface area contributed by atoms with Crippen LogP contribution >= 0.6 is 15.9 Å². The van der Waals surface area contributed by atoms with E-state index >= 15 is 0 Å². The van der Waals surface area contributed by atoms with Crippen molar-refractivity contribution < 1.29 is 17.7 Å². The molecular weight excluding hydrogens is 398 g/mol. The molecule has 0 aliphatic carbocycles. The number of amides is 1. The molecule has 1 aromatic heterocycles. The molecule has 1 saturated heterocycles. The number of hydrogen-bond acceptors (Lipinski definition) is 5. The van der Waals surface area contributed by atoms with Gasteiger partial charge in [-0.05, 0) is 35.0 Å². The molecule has 0 unspecified atom stereocenters. The molecule has 2 heterocycles.